The molecule has 1 aliphatic heterocycles. The van der Waals surface area contributed by atoms with Gasteiger partial charge in [-0.15, -0.1) is 0 Å². The van der Waals surface area contributed by atoms with Gasteiger partial charge in [-0.3, -0.25) is 9.48 Å². The molecule has 7 heteroatoms. The molecule has 0 saturated carbocycles. The standard InChI is InChI=1S/C22H22ClN3O3/c1-14-21(15(2)26(24-14)12-17-6-4-5-7-18(17)23)22(27)25(3)11-16-8-9-19-20(10-16)29-13-28-19/h4-10H,11-13H2,1-3H3. The van der Waals surface area contributed by atoms with Crippen molar-refractivity contribution in [2.45, 2.75) is 26.9 Å². The first kappa shape index (κ1) is 19.3. The maximum atomic E-state index is 13.1. The highest BCUT2D eigenvalue weighted by molar-refractivity contribution is 6.31. The maximum absolute atomic E-state index is 13.1. The summed E-state index contributed by atoms with van der Waals surface area (Å²) in [5.74, 6) is 1.38. The van der Waals surface area contributed by atoms with E-state index in [0.29, 0.717) is 35.1 Å². The summed E-state index contributed by atoms with van der Waals surface area (Å²) in [5.41, 5.74) is 4.10. The van der Waals surface area contributed by atoms with Gasteiger partial charge in [-0.25, -0.2) is 0 Å². The SMILES string of the molecule is Cc1nn(Cc2ccccc2Cl)c(C)c1C(=O)N(C)Cc1ccc2c(c1)OCO2. The monoisotopic (exact) mass is 411 g/mol. The third-order valence-corrected chi connectivity index (χ3v) is 5.45. The Balaban J connectivity index is 1.53. The van der Waals surface area contributed by atoms with E-state index in [4.69, 9.17) is 21.1 Å². The summed E-state index contributed by atoms with van der Waals surface area (Å²) in [7, 11) is 1.79. The zero-order chi connectivity index (χ0) is 20.5. The molecule has 2 aromatic carbocycles. The van der Waals surface area contributed by atoms with Crippen molar-refractivity contribution in [1.82, 2.24) is 14.7 Å². The second-order valence-corrected chi connectivity index (χ2v) is 7.55. The zero-order valence-electron chi connectivity index (χ0n) is 16.6. The van der Waals surface area contributed by atoms with Crippen LogP contribution in [0.2, 0.25) is 5.02 Å². The van der Waals surface area contributed by atoms with Crippen molar-refractivity contribution in [3.8, 4) is 11.5 Å². The molecule has 0 spiro atoms. The second-order valence-electron chi connectivity index (χ2n) is 7.14. The number of halogens is 1. The molecule has 1 aromatic heterocycles. The molecule has 0 N–H and O–H groups in total. The van der Waals surface area contributed by atoms with Crippen LogP contribution in [-0.2, 0) is 13.1 Å². The molecule has 1 amide bonds. The number of aryl methyl sites for hydroxylation is 1. The highest BCUT2D eigenvalue weighted by Gasteiger charge is 2.23. The Morgan fingerprint density at radius 3 is 2.72 bits per heavy atom. The number of hydrogen-bond acceptors (Lipinski definition) is 4. The number of hydrogen-bond donors (Lipinski definition) is 0. The van der Waals surface area contributed by atoms with Crippen LogP contribution in [0.4, 0.5) is 0 Å². The maximum Gasteiger partial charge on any atom is 0.257 e. The van der Waals surface area contributed by atoms with Crippen molar-refractivity contribution in [2.24, 2.45) is 0 Å². The van der Waals surface area contributed by atoms with Gasteiger partial charge < -0.3 is 14.4 Å². The average Bonchev–Trinajstić information content (AvgIpc) is 3.27. The molecule has 0 radical (unpaired) electrons. The van der Waals surface area contributed by atoms with Crippen LogP contribution in [0.15, 0.2) is 42.5 Å². The number of nitrogens with zero attached hydrogens (tertiary/aromatic N) is 3. The van der Waals surface area contributed by atoms with Gasteiger partial charge in [0.15, 0.2) is 11.5 Å². The summed E-state index contributed by atoms with van der Waals surface area (Å²) in [6, 6.07) is 13.4. The third kappa shape index (κ3) is 3.80. The van der Waals surface area contributed by atoms with Crippen LogP contribution < -0.4 is 9.47 Å². The fourth-order valence-corrected chi connectivity index (χ4v) is 3.72. The normalized spacial score (nSPS) is 12.3. The molecule has 29 heavy (non-hydrogen) atoms. The van der Waals surface area contributed by atoms with Crippen LogP contribution in [-0.4, -0.2) is 34.4 Å². The Morgan fingerprint density at radius 2 is 1.93 bits per heavy atom. The predicted molar refractivity (Wildman–Crippen MR) is 111 cm³/mol. The minimum Gasteiger partial charge on any atom is -0.454 e. The van der Waals surface area contributed by atoms with Gasteiger partial charge in [-0.05, 0) is 43.2 Å². The zero-order valence-corrected chi connectivity index (χ0v) is 17.4. The van der Waals surface area contributed by atoms with E-state index in [1.807, 2.05) is 61.0 Å². The summed E-state index contributed by atoms with van der Waals surface area (Å²) < 4.78 is 12.6. The van der Waals surface area contributed by atoms with Crippen molar-refractivity contribution < 1.29 is 14.3 Å². The number of benzene rings is 2. The van der Waals surface area contributed by atoms with Crippen molar-refractivity contribution in [1.29, 1.82) is 0 Å². The summed E-state index contributed by atoms with van der Waals surface area (Å²) >= 11 is 6.28. The number of aromatic nitrogens is 2. The van der Waals surface area contributed by atoms with E-state index in [0.717, 1.165) is 22.6 Å². The number of rotatable bonds is 5. The fourth-order valence-electron chi connectivity index (χ4n) is 3.52. The van der Waals surface area contributed by atoms with Gasteiger partial charge in [0.05, 0.1) is 17.8 Å². The van der Waals surface area contributed by atoms with Crippen molar-refractivity contribution in [3.05, 3.63) is 75.6 Å². The quantitative estimate of drug-likeness (QED) is 0.631. The van der Waals surface area contributed by atoms with Gasteiger partial charge >= 0.3 is 0 Å². The van der Waals surface area contributed by atoms with Crippen molar-refractivity contribution in [2.75, 3.05) is 13.8 Å². The Labute approximate surface area is 174 Å². The minimum atomic E-state index is -0.0666. The molecule has 2 heterocycles. The highest BCUT2D eigenvalue weighted by atomic mass is 35.5. The lowest BCUT2D eigenvalue weighted by molar-refractivity contribution is 0.0783. The molecule has 6 nitrogen and oxygen atoms in total. The van der Waals surface area contributed by atoms with E-state index in [9.17, 15) is 4.79 Å². The van der Waals surface area contributed by atoms with Crippen LogP contribution in [0, 0.1) is 13.8 Å². The molecule has 1 aliphatic rings. The largest absolute Gasteiger partial charge is 0.454 e. The molecule has 0 saturated heterocycles. The van der Waals surface area contributed by atoms with Crippen LogP contribution >= 0.6 is 11.6 Å². The minimum absolute atomic E-state index is 0.0666. The Morgan fingerprint density at radius 1 is 1.17 bits per heavy atom. The fraction of sp³-hybridized carbons (Fsp3) is 0.273. The number of amides is 1. The number of carbonyl (C=O) groups excluding carboxylic acids is 1. The number of ether oxygens (including phenoxy) is 2. The summed E-state index contributed by atoms with van der Waals surface area (Å²) in [6.07, 6.45) is 0. The topological polar surface area (TPSA) is 56.6 Å². The summed E-state index contributed by atoms with van der Waals surface area (Å²) in [4.78, 5) is 14.8. The van der Waals surface area contributed by atoms with Crippen LogP contribution in [0.5, 0.6) is 11.5 Å². The van der Waals surface area contributed by atoms with Gasteiger partial charge in [-0.2, -0.15) is 5.10 Å². The van der Waals surface area contributed by atoms with Gasteiger partial charge in [0, 0.05) is 24.3 Å². The lowest BCUT2D eigenvalue weighted by atomic mass is 10.1. The van der Waals surface area contributed by atoms with Crippen LogP contribution in [0.1, 0.15) is 32.9 Å². The van der Waals surface area contributed by atoms with Gasteiger partial charge in [0.2, 0.25) is 6.79 Å². The Bertz CT molecular complexity index is 1080. The smallest absolute Gasteiger partial charge is 0.257 e. The van der Waals surface area contributed by atoms with Gasteiger partial charge in [0.1, 0.15) is 0 Å². The summed E-state index contributed by atoms with van der Waals surface area (Å²) in [5, 5.41) is 5.27. The van der Waals surface area contributed by atoms with Crippen molar-refractivity contribution in [3.63, 3.8) is 0 Å². The molecular formula is C22H22ClN3O3. The van der Waals surface area contributed by atoms with Crippen molar-refractivity contribution >= 4 is 17.5 Å². The number of fused-ring (bicyclic) bond motifs is 1. The first-order chi connectivity index (χ1) is 13.9. The molecule has 0 fully saturated rings. The second kappa shape index (κ2) is 7.79. The molecular weight excluding hydrogens is 390 g/mol. The molecule has 150 valence electrons. The highest BCUT2D eigenvalue weighted by Crippen LogP contribution is 2.33. The van der Waals surface area contributed by atoms with E-state index >= 15 is 0 Å². The molecule has 3 aromatic rings. The molecule has 0 atom stereocenters. The lowest BCUT2D eigenvalue weighted by Crippen LogP contribution is -2.27. The van der Waals surface area contributed by atoms with E-state index < -0.39 is 0 Å². The molecule has 0 aliphatic carbocycles. The third-order valence-electron chi connectivity index (χ3n) is 5.08. The van der Waals surface area contributed by atoms with Gasteiger partial charge in [0.25, 0.3) is 5.91 Å². The lowest BCUT2D eigenvalue weighted by Gasteiger charge is -2.18. The van der Waals surface area contributed by atoms with Crippen LogP contribution in [0.3, 0.4) is 0 Å². The molecule has 0 unspecified atom stereocenters. The van der Waals surface area contributed by atoms with E-state index in [1.165, 1.54) is 0 Å². The predicted octanol–water partition coefficient (Wildman–Crippen LogP) is 4.20. The first-order valence-electron chi connectivity index (χ1n) is 9.35. The Kier molecular flexibility index (Phi) is 5.20. The van der Waals surface area contributed by atoms with E-state index in [2.05, 4.69) is 5.10 Å². The summed E-state index contributed by atoms with van der Waals surface area (Å²) in [6.45, 7) is 4.99. The van der Waals surface area contributed by atoms with E-state index in [1.54, 1.807) is 11.9 Å². The molecule has 4 rings (SSSR count). The van der Waals surface area contributed by atoms with Crippen LogP contribution in [0.25, 0.3) is 0 Å². The first-order valence-corrected chi connectivity index (χ1v) is 9.73. The Hall–Kier alpha value is -2.99. The molecule has 0 bridgehead atoms. The van der Waals surface area contributed by atoms with Gasteiger partial charge in [-0.1, -0.05) is 35.9 Å². The number of carbonyl (C=O) groups is 1. The average molecular weight is 412 g/mol. The van der Waals surface area contributed by atoms with E-state index in [-0.39, 0.29) is 12.7 Å².